The van der Waals surface area contributed by atoms with E-state index >= 15 is 0 Å². The number of nitrogens with zero attached hydrogens (tertiary/aromatic N) is 1. The van der Waals surface area contributed by atoms with Gasteiger partial charge in [0.1, 0.15) is 0 Å². The monoisotopic (exact) mass is 242 g/mol. The number of methoxy groups -OCH3 is 1. The molecule has 0 aliphatic heterocycles. The smallest absolute Gasteiger partial charge is 0.254 e. The van der Waals surface area contributed by atoms with Crippen molar-refractivity contribution in [1.82, 2.24) is 10.3 Å². The fraction of sp³-hybridized carbons (Fsp3) is 0.455. The van der Waals surface area contributed by atoms with Crippen molar-refractivity contribution in [3.8, 4) is 0 Å². The highest BCUT2D eigenvalue weighted by Crippen LogP contribution is 2.15. The number of aryl methyl sites for hydroxylation is 1. The van der Waals surface area contributed by atoms with E-state index in [2.05, 4.69) is 10.3 Å². The summed E-state index contributed by atoms with van der Waals surface area (Å²) < 4.78 is 4.93. The predicted octanol–water partition coefficient (Wildman–Crippen LogP) is 1.81. The van der Waals surface area contributed by atoms with Gasteiger partial charge in [-0.2, -0.15) is 0 Å². The molecule has 1 rings (SSSR count). The average molecular weight is 243 g/mol. The van der Waals surface area contributed by atoms with Crippen LogP contribution in [0.1, 0.15) is 23.0 Å². The fourth-order valence-electron chi connectivity index (χ4n) is 1.29. The molecule has 1 amide bonds. The average Bonchev–Trinajstić information content (AvgIpc) is 2.17. The Morgan fingerprint density at radius 2 is 2.38 bits per heavy atom. The van der Waals surface area contributed by atoms with Crippen LogP contribution in [0.15, 0.2) is 12.3 Å². The number of carbonyl (C=O) groups is 1. The van der Waals surface area contributed by atoms with E-state index in [-0.39, 0.29) is 11.9 Å². The number of amides is 1. The Kier molecular flexibility index (Phi) is 4.71. The largest absolute Gasteiger partial charge is 0.383 e. The molecule has 0 aromatic carbocycles. The summed E-state index contributed by atoms with van der Waals surface area (Å²) in [6.07, 6.45) is 1.48. The molecule has 1 heterocycles. The summed E-state index contributed by atoms with van der Waals surface area (Å²) in [5, 5.41) is 3.18. The van der Waals surface area contributed by atoms with Crippen LogP contribution in [0.5, 0.6) is 0 Å². The Morgan fingerprint density at radius 1 is 1.69 bits per heavy atom. The lowest BCUT2D eigenvalue weighted by Gasteiger charge is -2.13. The quantitative estimate of drug-likeness (QED) is 0.876. The van der Waals surface area contributed by atoms with E-state index in [1.807, 2.05) is 13.8 Å². The van der Waals surface area contributed by atoms with E-state index in [0.29, 0.717) is 17.2 Å². The van der Waals surface area contributed by atoms with Crippen LogP contribution in [0.4, 0.5) is 0 Å². The molecule has 5 heteroatoms. The number of rotatable bonds is 4. The summed E-state index contributed by atoms with van der Waals surface area (Å²) in [5.74, 6) is -0.234. The Hall–Kier alpha value is -1.13. The Morgan fingerprint density at radius 3 is 2.94 bits per heavy atom. The van der Waals surface area contributed by atoms with E-state index in [1.165, 1.54) is 6.20 Å². The minimum atomic E-state index is -0.234. The first-order chi connectivity index (χ1) is 7.54. The van der Waals surface area contributed by atoms with Gasteiger partial charge in [-0.05, 0) is 19.9 Å². The maximum Gasteiger partial charge on any atom is 0.254 e. The second-order valence-corrected chi connectivity index (χ2v) is 4.04. The summed E-state index contributed by atoms with van der Waals surface area (Å²) in [6, 6.07) is 1.60. The lowest BCUT2D eigenvalue weighted by molar-refractivity contribution is 0.0905. The standard InChI is InChI=1S/C11H15ClN2O2/c1-7-4-10(12)9(5-13-7)11(15)14-8(2)6-16-3/h4-5,8H,6H2,1-3H3,(H,14,15). The van der Waals surface area contributed by atoms with Crippen LogP contribution < -0.4 is 5.32 Å². The Balaban J connectivity index is 2.73. The van der Waals surface area contributed by atoms with Crippen LogP contribution in [0.2, 0.25) is 5.02 Å². The van der Waals surface area contributed by atoms with E-state index in [4.69, 9.17) is 16.3 Å². The summed E-state index contributed by atoms with van der Waals surface area (Å²) >= 11 is 5.95. The van der Waals surface area contributed by atoms with E-state index in [0.717, 1.165) is 5.69 Å². The van der Waals surface area contributed by atoms with E-state index < -0.39 is 0 Å². The van der Waals surface area contributed by atoms with Gasteiger partial charge in [0.05, 0.1) is 17.2 Å². The number of pyridine rings is 1. The van der Waals surface area contributed by atoms with Gasteiger partial charge >= 0.3 is 0 Å². The number of nitrogens with one attached hydrogen (secondary N) is 1. The number of ether oxygens (including phenoxy) is 1. The topological polar surface area (TPSA) is 51.2 Å². The highest BCUT2D eigenvalue weighted by atomic mass is 35.5. The maximum atomic E-state index is 11.8. The third kappa shape index (κ3) is 3.47. The zero-order valence-corrected chi connectivity index (χ0v) is 10.3. The SMILES string of the molecule is COCC(C)NC(=O)c1cnc(C)cc1Cl. The number of halogens is 1. The third-order valence-electron chi connectivity index (χ3n) is 2.03. The fourth-order valence-corrected chi connectivity index (χ4v) is 1.58. The first kappa shape index (κ1) is 12.9. The molecule has 0 saturated carbocycles. The Labute approximate surface area is 100.0 Å². The normalized spacial score (nSPS) is 12.2. The van der Waals surface area contributed by atoms with Crippen molar-refractivity contribution in [3.05, 3.63) is 28.5 Å². The molecule has 1 atom stereocenters. The molecular weight excluding hydrogens is 228 g/mol. The molecule has 16 heavy (non-hydrogen) atoms. The predicted molar refractivity (Wildman–Crippen MR) is 62.8 cm³/mol. The molecule has 0 aliphatic rings. The van der Waals surface area contributed by atoms with Crippen LogP contribution >= 0.6 is 11.6 Å². The summed E-state index contributed by atoms with van der Waals surface area (Å²) in [7, 11) is 1.59. The lowest BCUT2D eigenvalue weighted by atomic mass is 10.2. The highest BCUT2D eigenvalue weighted by Gasteiger charge is 2.13. The lowest BCUT2D eigenvalue weighted by Crippen LogP contribution is -2.35. The van der Waals surface area contributed by atoms with Crippen LogP contribution in [-0.4, -0.2) is 30.6 Å². The second-order valence-electron chi connectivity index (χ2n) is 3.64. The Bertz CT molecular complexity index is 382. The van der Waals surface area contributed by atoms with Gasteiger partial charge in [-0.15, -0.1) is 0 Å². The minimum Gasteiger partial charge on any atom is -0.383 e. The summed E-state index contributed by atoms with van der Waals surface area (Å²) in [5.41, 5.74) is 1.17. The molecule has 1 unspecified atom stereocenters. The van der Waals surface area contributed by atoms with E-state index in [1.54, 1.807) is 13.2 Å². The molecule has 4 nitrogen and oxygen atoms in total. The van der Waals surface area contributed by atoms with Crippen molar-refractivity contribution in [3.63, 3.8) is 0 Å². The van der Waals surface area contributed by atoms with Gasteiger partial charge in [0.2, 0.25) is 0 Å². The zero-order chi connectivity index (χ0) is 12.1. The first-order valence-electron chi connectivity index (χ1n) is 4.96. The molecule has 0 aliphatic carbocycles. The van der Waals surface area contributed by atoms with Crippen LogP contribution in [0.3, 0.4) is 0 Å². The van der Waals surface area contributed by atoms with Gasteiger partial charge in [-0.1, -0.05) is 11.6 Å². The molecule has 0 radical (unpaired) electrons. The van der Waals surface area contributed by atoms with Gasteiger partial charge in [0.25, 0.3) is 5.91 Å². The van der Waals surface area contributed by atoms with Crippen LogP contribution in [0, 0.1) is 6.92 Å². The molecule has 0 spiro atoms. The van der Waals surface area contributed by atoms with Crippen molar-refractivity contribution in [1.29, 1.82) is 0 Å². The van der Waals surface area contributed by atoms with Crippen molar-refractivity contribution >= 4 is 17.5 Å². The number of hydrogen-bond donors (Lipinski definition) is 1. The van der Waals surface area contributed by atoms with E-state index in [9.17, 15) is 4.79 Å². The second kappa shape index (κ2) is 5.82. The molecule has 0 bridgehead atoms. The molecular formula is C11H15ClN2O2. The van der Waals surface area contributed by atoms with Crippen molar-refractivity contribution < 1.29 is 9.53 Å². The van der Waals surface area contributed by atoms with Gasteiger partial charge in [-0.25, -0.2) is 0 Å². The molecule has 1 aromatic rings. The molecule has 0 saturated heterocycles. The van der Waals surface area contributed by atoms with Crippen LogP contribution in [-0.2, 0) is 4.74 Å². The van der Waals surface area contributed by atoms with Crippen molar-refractivity contribution in [2.45, 2.75) is 19.9 Å². The first-order valence-corrected chi connectivity index (χ1v) is 5.34. The molecule has 0 fully saturated rings. The maximum absolute atomic E-state index is 11.8. The third-order valence-corrected chi connectivity index (χ3v) is 2.34. The molecule has 88 valence electrons. The van der Waals surface area contributed by atoms with Gasteiger partial charge in [0, 0.05) is 25.0 Å². The highest BCUT2D eigenvalue weighted by molar-refractivity contribution is 6.33. The minimum absolute atomic E-state index is 0.0603. The van der Waals surface area contributed by atoms with Crippen molar-refractivity contribution in [2.75, 3.05) is 13.7 Å². The summed E-state index contributed by atoms with van der Waals surface area (Å²) in [6.45, 7) is 4.14. The number of hydrogen-bond acceptors (Lipinski definition) is 3. The number of aromatic nitrogens is 1. The number of carbonyl (C=O) groups excluding carboxylic acids is 1. The molecule has 1 N–H and O–H groups in total. The van der Waals surface area contributed by atoms with Gasteiger partial charge < -0.3 is 10.1 Å². The van der Waals surface area contributed by atoms with Crippen molar-refractivity contribution in [2.24, 2.45) is 0 Å². The summed E-state index contributed by atoms with van der Waals surface area (Å²) in [4.78, 5) is 15.8. The van der Waals surface area contributed by atoms with Gasteiger partial charge in [0.15, 0.2) is 0 Å². The van der Waals surface area contributed by atoms with Crippen LogP contribution in [0.25, 0.3) is 0 Å². The zero-order valence-electron chi connectivity index (χ0n) is 9.58. The van der Waals surface area contributed by atoms with Gasteiger partial charge in [-0.3, -0.25) is 9.78 Å². The molecule has 1 aromatic heterocycles.